The number of ether oxygens (including phenoxy) is 1. The lowest BCUT2D eigenvalue weighted by Gasteiger charge is -2.12. The van der Waals surface area contributed by atoms with Crippen molar-refractivity contribution in [2.75, 3.05) is 13.2 Å². The van der Waals surface area contributed by atoms with Crippen molar-refractivity contribution in [3.63, 3.8) is 0 Å². The number of rotatable bonds is 9. The van der Waals surface area contributed by atoms with Crippen molar-refractivity contribution in [1.82, 2.24) is 10.0 Å². The van der Waals surface area contributed by atoms with Gasteiger partial charge in [0.25, 0.3) is 5.91 Å². The molecule has 0 radical (unpaired) electrons. The first-order chi connectivity index (χ1) is 11.8. The summed E-state index contributed by atoms with van der Waals surface area (Å²) in [6, 6.07) is 5.88. The monoisotopic (exact) mass is 388 g/mol. The minimum Gasteiger partial charge on any atom is -0.456 e. The zero-order valence-corrected chi connectivity index (χ0v) is 15.4. The van der Waals surface area contributed by atoms with Crippen LogP contribution >= 0.6 is 11.6 Å². The lowest BCUT2D eigenvalue weighted by atomic mass is 10.2. The van der Waals surface area contributed by atoms with Crippen molar-refractivity contribution in [3.05, 3.63) is 29.3 Å². The van der Waals surface area contributed by atoms with E-state index in [2.05, 4.69) is 10.0 Å². The van der Waals surface area contributed by atoms with Gasteiger partial charge in [0.2, 0.25) is 10.0 Å². The predicted octanol–water partition coefficient (Wildman–Crippen LogP) is 1.47. The third-order valence-corrected chi connectivity index (χ3v) is 5.50. The Morgan fingerprint density at radius 3 is 2.72 bits per heavy atom. The number of hydrogen-bond acceptors (Lipinski definition) is 5. The summed E-state index contributed by atoms with van der Waals surface area (Å²) >= 11 is 5.76. The van der Waals surface area contributed by atoms with Crippen molar-refractivity contribution in [2.45, 2.75) is 37.1 Å². The van der Waals surface area contributed by atoms with Crippen molar-refractivity contribution in [1.29, 1.82) is 0 Å². The summed E-state index contributed by atoms with van der Waals surface area (Å²) in [6.45, 7) is 1.42. The molecule has 1 saturated carbocycles. The lowest BCUT2D eigenvalue weighted by molar-refractivity contribution is -0.148. The molecule has 1 amide bonds. The smallest absolute Gasteiger partial charge is 0.307 e. The number of carbonyl (C=O) groups is 2. The normalized spacial score (nSPS) is 15.4. The molecule has 0 spiro atoms. The molecule has 1 fully saturated rings. The van der Waals surface area contributed by atoms with Gasteiger partial charge in [0.05, 0.1) is 11.3 Å². The standard InChI is InChI=1S/C16H21ClN2O5S/c1-11(12-5-6-12)19-15(20)10-24-16(21)7-8-18-25(22,23)14-4-2-3-13(17)9-14/h2-4,9,11-12,18H,5-8,10H2,1H3,(H,19,20). The van der Waals surface area contributed by atoms with Crippen LogP contribution < -0.4 is 10.0 Å². The highest BCUT2D eigenvalue weighted by Crippen LogP contribution is 2.32. The Hall–Kier alpha value is -1.64. The molecule has 138 valence electrons. The second-order valence-electron chi connectivity index (χ2n) is 5.96. The molecular weight excluding hydrogens is 368 g/mol. The van der Waals surface area contributed by atoms with E-state index in [0.29, 0.717) is 10.9 Å². The minimum absolute atomic E-state index is 0.0156. The van der Waals surface area contributed by atoms with Gasteiger partial charge < -0.3 is 10.1 Å². The maximum absolute atomic E-state index is 12.0. The van der Waals surface area contributed by atoms with Crippen LogP contribution in [0.25, 0.3) is 0 Å². The number of halogens is 1. The Balaban J connectivity index is 1.68. The Kier molecular flexibility index (Phi) is 6.80. The Bertz CT molecular complexity index is 734. The number of nitrogens with one attached hydrogen (secondary N) is 2. The van der Waals surface area contributed by atoms with E-state index in [1.807, 2.05) is 6.92 Å². The lowest BCUT2D eigenvalue weighted by Crippen LogP contribution is -2.37. The van der Waals surface area contributed by atoms with Gasteiger partial charge in [-0.25, -0.2) is 13.1 Å². The molecule has 0 bridgehead atoms. The van der Waals surface area contributed by atoms with Crippen LogP contribution in [0, 0.1) is 5.92 Å². The fraction of sp³-hybridized carbons (Fsp3) is 0.500. The van der Waals surface area contributed by atoms with Gasteiger partial charge in [-0.05, 0) is 43.9 Å². The third kappa shape index (κ3) is 6.64. The zero-order chi connectivity index (χ0) is 18.4. The summed E-state index contributed by atoms with van der Waals surface area (Å²) in [5.41, 5.74) is 0. The molecule has 2 rings (SSSR count). The number of hydrogen-bond donors (Lipinski definition) is 2. The Labute approximate surface area is 152 Å². The van der Waals surface area contributed by atoms with E-state index < -0.39 is 16.0 Å². The molecule has 0 heterocycles. The van der Waals surface area contributed by atoms with E-state index in [-0.39, 0.29) is 36.4 Å². The van der Waals surface area contributed by atoms with Gasteiger partial charge in [0.15, 0.2) is 6.61 Å². The van der Waals surface area contributed by atoms with Crippen molar-refractivity contribution in [2.24, 2.45) is 5.92 Å². The molecule has 0 aliphatic heterocycles. The van der Waals surface area contributed by atoms with Gasteiger partial charge >= 0.3 is 5.97 Å². The van der Waals surface area contributed by atoms with Crippen molar-refractivity contribution < 1.29 is 22.7 Å². The largest absolute Gasteiger partial charge is 0.456 e. The predicted molar refractivity (Wildman–Crippen MR) is 92.5 cm³/mol. The van der Waals surface area contributed by atoms with Gasteiger partial charge in [-0.1, -0.05) is 17.7 Å². The van der Waals surface area contributed by atoms with E-state index in [1.165, 1.54) is 18.2 Å². The number of esters is 1. The molecule has 2 N–H and O–H groups in total. The van der Waals surface area contributed by atoms with Crippen LogP contribution in [0.1, 0.15) is 26.2 Å². The second kappa shape index (κ2) is 8.64. The first-order valence-electron chi connectivity index (χ1n) is 7.98. The first kappa shape index (κ1) is 19.7. The molecule has 1 aromatic carbocycles. The molecule has 1 unspecified atom stereocenters. The zero-order valence-electron chi connectivity index (χ0n) is 13.8. The number of sulfonamides is 1. The Morgan fingerprint density at radius 1 is 1.36 bits per heavy atom. The summed E-state index contributed by atoms with van der Waals surface area (Å²) in [6.07, 6.45) is 2.03. The van der Waals surface area contributed by atoms with Crippen LogP contribution in [0.2, 0.25) is 5.02 Å². The molecule has 1 aliphatic carbocycles. The highest BCUT2D eigenvalue weighted by atomic mass is 35.5. The summed E-state index contributed by atoms with van der Waals surface area (Å²) < 4.78 is 31.2. The van der Waals surface area contributed by atoms with Crippen LogP contribution in [0.15, 0.2) is 29.2 Å². The number of carbonyl (C=O) groups excluding carboxylic acids is 2. The van der Waals surface area contributed by atoms with Crippen LogP contribution in [-0.4, -0.2) is 39.5 Å². The molecule has 1 atom stereocenters. The average Bonchev–Trinajstić information content (AvgIpc) is 3.37. The maximum atomic E-state index is 12.0. The van der Waals surface area contributed by atoms with Gasteiger partial charge in [-0.15, -0.1) is 0 Å². The summed E-state index contributed by atoms with van der Waals surface area (Å²) in [5.74, 6) is -0.490. The summed E-state index contributed by atoms with van der Waals surface area (Å²) in [4.78, 5) is 23.2. The fourth-order valence-corrected chi connectivity index (χ4v) is 3.57. The molecule has 7 nitrogen and oxygen atoms in total. The molecule has 25 heavy (non-hydrogen) atoms. The van der Waals surface area contributed by atoms with Crippen LogP contribution in [0.4, 0.5) is 0 Å². The summed E-state index contributed by atoms with van der Waals surface area (Å²) in [5, 5.41) is 3.06. The second-order valence-corrected chi connectivity index (χ2v) is 8.16. The summed E-state index contributed by atoms with van der Waals surface area (Å²) in [7, 11) is -3.75. The molecule has 9 heteroatoms. The molecule has 1 aromatic rings. The van der Waals surface area contributed by atoms with Gasteiger partial charge in [0.1, 0.15) is 0 Å². The topological polar surface area (TPSA) is 102 Å². The first-order valence-corrected chi connectivity index (χ1v) is 9.84. The van der Waals surface area contributed by atoms with E-state index in [4.69, 9.17) is 16.3 Å². The number of benzene rings is 1. The molecule has 0 aromatic heterocycles. The van der Waals surface area contributed by atoms with Crippen LogP contribution in [0.3, 0.4) is 0 Å². The third-order valence-electron chi connectivity index (χ3n) is 3.81. The van der Waals surface area contributed by atoms with Gasteiger partial charge in [-0.3, -0.25) is 9.59 Å². The van der Waals surface area contributed by atoms with E-state index in [1.54, 1.807) is 6.07 Å². The van der Waals surface area contributed by atoms with Crippen LogP contribution in [0.5, 0.6) is 0 Å². The fourth-order valence-electron chi connectivity index (χ4n) is 2.23. The van der Waals surface area contributed by atoms with Crippen molar-refractivity contribution in [3.8, 4) is 0 Å². The highest BCUT2D eigenvalue weighted by molar-refractivity contribution is 7.89. The molecule has 0 saturated heterocycles. The Morgan fingerprint density at radius 2 is 2.08 bits per heavy atom. The molecule has 1 aliphatic rings. The quantitative estimate of drug-likeness (QED) is 0.624. The van der Waals surface area contributed by atoms with E-state index in [9.17, 15) is 18.0 Å². The van der Waals surface area contributed by atoms with Crippen LogP contribution in [-0.2, 0) is 24.3 Å². The maximum Gasteiger partial charge on any atom is 0.307 e. The minimum atomic E-state index is -3.75. The average molecular weight is 389 g/mol. The van der Waals surface area contributed by atoms with Gasteiger partial charge in [-0.2, -0.15) is 0 Å². The number of amides is 1. The van der Waals surface area contributed by atoms with Crippen molar-refractivity contribution >= 4 is 33.5 Å². The molecular formula is C16H21ClN2O5S. The van der Waals surface area contributed by atoms with Gasteiger partial charge in [0, 0.05) is 17.6 Å². The highest BCUT2D eigenvalue weighted by Gasteiger charge is 2.28. The van der Waals surface area contributed by atoms with E-state index in [0.717, 1.165) is 12.8 Å². The van der Waals surface area contributed by atoms with E-state index >= 15 is 0 Å². The SMILES string of the molecule is CC(NC(=O)COC(=O)CCNS(=O)(=O)c1cccc(Cl)c1)C1CC1.